The van der Waals surface area contributed by atoms with Crippen molar-refractivity contribution in [2.24, 2.45) is 0 Å². The Kier molecular flexibility index (Phi) is 7.03. The van der Waals surface area contributed by atoms with Gasteiger partial charge < -0.3 is 24.8 Å². The molecule has 2 N–H and O–H groups in total. The molecule has 28 heavy (non-hydrogen) atoms. The fourth-order valence-corrected chi connectivity index (χ4v) is 2.32. The highest BCUT2D eigenvalue weighted by atomic mass is 16.5. The SMILES string of the molecule is COc1cc(/C=C/C(=O)O[C@@H](C)C(=O)Nc2ccc(N(C)C)cc2)ccc1O. The summed E-state index contributed by atoms with van der Waals surface area (Å²) in [5.74, 6) is -0.780. The molecule has 0 bridgehead atoms. The van der Waals surface area contributed by atoms with Crippen molar-refractivity contribution in [3.63, 3.8) is 0 Å². The molecule has 0 fully saturated rings. The van der Waals surface area contributed by atoms with Crippen LogP contribution in [0.15, 0.2) is 48.5 Å². The fraction of sp³-hybridized carbons (Fsp3) is 0.238. The average molecular weight is 384 g/mol. The molecule has 0 saturated carbocycles. The molecule has 2 rings (SSSR count). The summed E-state index contributed by atoms with van der Waals surface area (Å²) < 4.78 is 10.1. The quantitative estimate of drug-likeness (QED) is 0.564. The maximum absolute atomic E-state index is 12.2. The first kappa shape index (κ1) is 20.8. The van der Waals surface area contributed by atoms with E-state index in [2.05, 4.69) is 5.32 Å². The molecule has 1 atom stereocenters. The Balaban J connectivity index is 1.91. The highest BCUT2D eigenvalue weighted by Gasteiger charge is 2.16. The van der Waals surface area contributed by atoms with Gasteiger partial charge in [0.05, 0.1) is 7.11 Å². The summed E-state index contributed by atoms with van der Waals surface area (Å²) in [6, 6.07) is 12.0. The molecule has 0 aliphatic carbocycles. The van der Waals surface area contributed by atoms with Gasteiger partial charge in [0.1, 0.15) is 0 Å². The van der Waals surface area contributed by atoms with Gasteiger partial charge in [0.25, 0.3) is 5.91 Å². The van der Waals surface area contributed by atoms with Gasteiger partial charge in [0, 0.05) is 31.5 Å². The number of aromatic hydroxyl groups is 1. The Bertz CT molecular complexity index is 860. The van der Waals surface area contributed by atoms with Crippen LogP contribution in [0.2, 0.25) is 0 Å². The zero-order valence-electron chi connectivity index (χ0n) is 16.3. The molecule has 0 aliphatic rings. The Hall–Kier alpha value is -3.48. The normalized spacial score (nSPS) is 11.7. The molecule has 0 heterocycles. The topological polar surface area (TPSA) is 88.1 Å². The van der Waals surface area contributed by atoms with Gasteiger partial charge in [-0.3, -0.25) is 4.79 Å². The molecular weight excluding hydrogens is 360 g/mol. The number of nitrogens with zero attached hydrogens (tertiary/aromatic N) is 1. The van der Waals surface area contributed by atoms with Crippen LogP contribution in [0.5, 0.6) is 11.5 Å². The van der Waals surface area contributed by atoms with Crippen LogP contribution in [0.4, 0.5) is 11.4 Å². The molecule has 7 heteroatoms. The number of esters is 1. The second kappa shape index (κ2) is 9.45. The van der Waals surface area contributed by atoms with E-state index in [0.29, 0.717) is 17.0 Å². The van der Waals surface area contributed by atoms with Crippen LogP contribution in [0.3, 0.4) is 0 Å². The van der Waals surface area contributed by atoms with Crippen LogP contribution >= 0.6 is 0 Å². The number of nitrogens with one attached hydrogen (secondary N) is 1. The van der Waals surface area contributed by atoms with Crippen LogP contribution in [0, 0.1) is 0 Å². The number of amides is 1. The maximum Gasteiger partial charge on any atom is 0.331 e. The number of rotatable bonds is 7. The molecule has 0 unspecified atom stereocenters. The third kappa shape index (κ3) is 5.77. The number of anilines is 2. The number of methoxy groups -OCH3 is 1. The van der Waals surface area contributed by atoms with Crippen LogP contribution in [-0.2, 0) is 14.3 Å². The zero-order chi connectivity index (χ0) is 20.7. The highest BCUT2D eigenvalue weighted by Crippen LogP contribution is 2.26. The van der Waals surface area contributed by atoms with E-state index in [1.807, 2.05) is 31.1 Å². The first-order chi connectivity index (χ1) is 13.3. The maximum atomic E-state index is 12.2. The minimum absolute atomic E-state index is 0.00568. The highest BCUT2D eigenvalue weighted by molar-refractivity contribution is 5.96. The van der Waals surface area contributed by atoms with Crippen molar-refractivity contribution in [2.45, 2.75) is 13.0 Å². The first-order valence-electron chi connectivity index (χ1n) is 8.64. The van der Waals surface area contributed by atoms with Crippen molar-refractivity contribution in [1.82, 2.24) is 0 Å². The van der Waals surface area contributed by atoms with Gasteiger partial charge >= 0.3 is 5.97 Å². The van der Waals surface area contributed by atoms with Crippen LogP contribution in [0.25, 0.3) is 6.08 Å². The lowest BCUT2D eigenvalue weighted by molar-refractivity contribution is -0.148. The van der Waals surface area contributed by atoms with E-state index in [4.69, 9.17) is 9.47 Å². The molecular formula is C21H24N2O5. The summed E-state index contributed by atoms with van der Waals surface area (Å²) in [4.78, 5) is 26.1. The number of hydrogen-bond acceptors (Lipinski definition) is 6. The van der Waals surface area contributed by atoms with E-state index >= 15 is 0 Å². The largest absolute Gasteiger partial charge is 0.504 e. The lowest BCUT2D eigenvalue weighted by Crippen LogP contribution is -2.29. The molecule has 0 aliphatic heterocycles. The van der Waals surface area contributed by atoms with E-state index < -0.39 is 18.0 Å². The fourth-order valence-electron chi connectivity index (χ4n) is 2.32. The van der Waals surface area contributed by atoms with Crippen molar-refractivity contribution in [2.75, 3.05) is 31.4 Å². The molecule has 7 nitrogen and oxygen atoms in total. The average Bonchev–Trinajstić information content (AvgIpc) is 2.67. The summed E-state index contributed by atoms with van der Waals surface area (Å²) >= 11 is 0. The number of carbonyl (C=O) groups is 2. The van der Waals surface area contributed by atoms with Crippen molar-refractivity contribution in [1.29, 1.82) is 0 Å². The number of hydrogen-bond donors (Lipinski definition) is 2. The van der Waals surface area contributed by atoms with Crippen LogP contribution < -0.4 is 15.0 Å². The zero-order valence-corrected chi connectivity index (χ0v) is 16.3. The predicted molar refractivity (Wildman–Crippen MR) is 109 cm³/mol. The number of ether oxygens (including phenoxy) is 2. The molecule has 0 saturated heterocycles. The molecule has 1 amide bonds. The van der Waals surface area contributed by atoms with E-state index in [0.717, 1.165) is 5.69 Å². The van der Waals surface area contributed by atoms with Crippen molar-refractivity contribution in [3.05, 3.63) is 54.1 Å². The van der Waals surface area contributed by atoms with Crippen molar-refractivity contribution >= 4 is 29.3 Å². The predicted octanol–water partition coefficient (Wildman–Crippen LogP) is 3.05. The van der Waals surface area contributed by atoms with E-state index in [1.54, 1.807) is 24.3 Å². The third-order valence-electron chi connectivity index (χ3n) is 3.93. The summed E-state index contributed by atoms with van der Waals surface area (Å²) in [5.41, 5.74) is 2.27. The lowest BCUT2D eigenvalue weighted by atomic mass is 10.2. The smallest absolute Gasteiger partial charge is 0.331 e. The second-order valence-electron chi connectivity index (χ2n) is 6.27. The van der Waals surface area contributed by atoms with Gasteiger partial charge in [-0.2, -0.15) is 0 Å². The lowest BCUT2D eigenvalue weighted by Gasteiger charge is -2.15. The van der Waals surface area contributed by atoms with E-state index in [-0.39, 0.29) is 5.75 Å². The molecule has 0 radical (unpaired) electrons. The molecule has 2 aromatic carbocycles. The standard InChI is InChI=1S/C21H24N2O5/c1-14(21(26)22-16-7-9-17(10-8-16)23(2)3)28-20(25)12-6-15-5-11-18(24)19(13-15)27-4/h5-14,24H,1-4H3,(H,22,26)/b12-6+/t14-/m0/s1. The Labute approximate surface area is 164 Å². The Morgan fingerprint density at radius 1 is 1.14 bits per heavy atom. The Morgan fingerprint density at radius 3 is 2.43 bits per heavy atom. The van der Waals surface area contributed by atoms with E-state index in [1.165, 1.54) is 32.3 Å². The van der Waals surface area contributed by atoms with Crippen molar-refractivity contribution < 1.29 is 24.2 Å². The number of phenols is 1. The molecule has 0 aromatic heterocycles. The minimum atomic E-state index is -0.958. The van der Waals surface area contributed by atoms with Gasteiger partial charge in [-0.25, -0.2) is 4.79 Å². The summed E-state index contributed by atoms with van der Waals surface area (Å²) in [5, 5.41) is 12.3. The molecule has 2 aromatic rings. The van der Waals surface area contributed by atoms with Crippen LogP contribution in [-0.4, -0.2) is 44.3 Å². The van der Waals surface area contributed by atoms with Gasteiger partial charge in [0.15, 0.2) is 17.6 Å². The van der Waals surface area contributed by atoms with Gasteiger partial charge in [-0.05, 0) is 55.0 Å². The monoisotopic (exact) mass is 384 g/mol. The van der Waals surface area contributed by atoms with Gasteiger partial charge in [-0.1, -0.05) is 6.07 Å². The van der Waals surface area contributed by atoms with Gasteiger partial charge in [-0.15, -0.1) is 0 Å². The molecule has 148 valence electrons. The number of benzene rings is 2. The Morgan fingerprint density at radius 2 is 1.82 bits per heavy atom. The number of phenolic OH excluding ortho intramolecular Hbond substituents is 1. The summed E-state index contributed by atoms with van der Waals surface area (Å²) in [7, 11) is 5.29. The minimum Gasteiger partial charge on any atom is -0.504 e. The van der Waals surface area contributed by atoms with E-state index in [9.17, 15) is 14.7 Å². The first-order valence-corrected chi connectivity index (χ1v) is 8.64. The summed E-state index contributed by atoms with van der Waals surface area (Å²) in [6.45, 7) is 1.50. The molecule has 0 spiro atoms. The second-order valence-corrected chi connectivity index (χ2v) is 6.27. The number of carbonyl (C=O) groups excluding carboxylic acids is 2. The summed E-state index contributed by atoms with van der Waals surface area (Å²) in [6.07, 6.45) is 1.76. The van der Waals surface area contributed by atoms with Gasteiger partial charge in [0.2, 0.25) is 0 Å². The van der Waals surface area contributed by atoms with Crippen LogP contribution in [0.1, 0.15) is 12.5 Å². The third-order valence-corrected chi connectivity index (χ3v) is 3.93. The van der Waals surface area contributed by atoms with Crippen molar-refractivity contribution in [3.8, 4) is 11.5 Å².